The van der Waals surface area contributed by atoms with Crippen LogP contribution in [-0.4, -0.2) is 23.6 Å². The summed E-state index contributed by atoms with van der Waals surface area (Å²) < 4.78 is 0. The van der Waals surface area contributed by atoms with Crippen molar-refractivity contribution in [3.05, 3.63) is 0 Å². The molecule has 1 fully saturated rings. The second kappa shape index (κ2) is 8.46. The first kappa shape index (κ1) is 13.4. The van der Waals surface area contributed by atoms with Crippen molar-refractivity contribution in [1.82, 2.24) is 5.32 Å². The summed E-state index contributed by atoms with van der Waals surface area (Å²) in [6, 6.07) is 0.710. The highest BCUT2D eigenvalue weighted by atomic mass is 32.2. The maximum atomic E-state index is 3.60. The molecule has 0 radical (unpaired) electrons. The highest BCUT2D eigenvalue weighted by Gasteiger charge is 2.12. The number of nitrogens with one attached hydrogen (secondary N) is 1. The SMILES string of the molecule is CCCC(C)NCCSC1CCCCC1. The lowest BCUT2D eigenvalue weighted by Crippen LogP contribution is -2.28. The Hall–Kier alpha value is 0.310. The topological polar surface area (TPSA) is 12.0 Å². The molecule has 0 heterocycles. The molecule has 1 unspecified atom stereocenters. The minimum absolute atomic E-state index is 0.710. The van der Waals surface area contributed by atoms with E-state index in [4.69, 9.17) is 0 Å². The van der Waals surface area contributed by atoms with E-state index in [9.17, 15) is 0 Å². The lowest BCUT2D eigenvalue weighted by molar-refractivity contribution is 0.512. The molecule has 0 spiro atoms. The van der Waals surface area contributed by atoms with Crippen LogP contribution in [0, 0.1) is 0 Å². The third kappa shape index (κ3) is 6.47. The van der Waals surface area contributed by atoms with Crippen LogP contribution in [0.1, 0.15) is 58.8 Å². The van der Waals surface area contributed by atoms with E-state index >= 15 is 0 Å². The van der Waals surface area contributed by atoms with Gasteiger partial charge in [0, 0.05) is 23.6 Å². The molecular formula is C13H27NS. The van der Waals surface area contributed by atoms with Crippen LogP contribution in [0.25, 0.3) is 0 Å². The van der Waals surface area contributed by atoms with Crippen LogP contribution in [0.3, 0.4) is 0 Å². The van der Waals surface area contributed by atoms with Gasteiger partial charge in [0.25, 0.3) is 0 Å². The highest BCUT2D eigenvalue weighted by Crippen LogP contribution is 2.27. The van der Waals surface area contributed by atoms with Gasteiger partial charge >= 0.3 is 0 Å². The first-order valence-corrected chi connectivity index (χ1v) is 7.72. The van der Waals surface area contributed by atoms with Gasteiger partial charge in [0.05, 0.1) is 0 Å². The molecule has 1 aliphatic carbocycles. The summed E-state index contributed by atoms with van der Waals surface area (Å²) in [5, 5.41) is 4.58. The molecule has 2 heteroatoms. The third-order valence-electron chi connectivity index (χ3n) is 3.22. The Kier molecular flexibility index (Phi) is 7.54. The maximum absolute atomic E-state index is 3.60. The summed E-state index contributed by atoms with van der Waals surface area (Å²) in [6.07, 6.45) is 9.96. The molecule has 90 valence electrons. The number of rotatable bonds is 7. The normalized spacial score (nSPS) is 20.4. The fraction of sp³-hybridized carbons (Fsp3) is 1.00. The third-order valence-corrected chi connectivity index (χ3v) is 4.60. The zero-order valence-electron chi connectivity index (χ0n) is 10.4. The predicted octanol–water partition coefficient (Wildman–Crippen LogP) is 3.83. The summed E-state index contributed by atoms with van der Waals surface area (Å²) in [5.74, 6) is 1.30. The van der Waals surface area contributed by atoms with Gasteiger partial charge in [-0.3, -0.25) is 0 Å². The summed E-state index contributed by atoms with van der Waals surface area (Å²) in [4.78, 5) is 0. The van der Waals surface area contributed by atoms with Gasteiger partial charge < -0.3 is 5.32 Å². The summed E-state index contributed by atoms with van der Waals surface area (Å²) >= 11 is 2.19. The second-order valence-corrected chi connectivity index (χ2v) is 6.18. The standard InChI is InChI=1S/C13H27NS/c1-3-7-12(2)14-10-11-15-13-8-5-4-6-9-13/h12-14H,3-11H2,1-2H3. The quantitative estimate of drug-likeness (QED) is 0.666. The number of hydrogen-bond acceptors (Lipinski definition) is 2. The van der Waals surface area contributed by atoms with Crippen molar-refractivity contribution in [2.24, 2.45) is 0 Å². The van der Waals surface area contributed by atoms with Crippen molar-refractivity contribution >= 4 is 11.8 Å². The Labute approximate surface area is 99.8 Å². The van der Waals surface area contributed by atoms with Gasteiger partial charge in [-0.2, -0.15) is 11.8 Å². The van der Waals surface area contributed by atoms with Crippen molar-refractivity contribution in [2.45, 2.75) is 70.1 Å². The minimum atomic E-state index is 0.710. The Morgan fingerprint density at radius 2 is 2.00 bits per heavy atom. The van der Waals surface area contributed by atoms with Crippen LogP contribution < -0.4 is 5.32 Å². The molecule has 0 aromatic carbocycles. The van der Waals surface area contributed by atoms with Gasteiger partial charge in [-0.15, -0.1) is 0 Å². The molecule has 0 amide bonds. The molecule has 1 atom stereocenters. The molecule has 1 aliphatic rings. The average Bonchev–Trinajstić information content (AvgIpc) is 2.26. The Morgan fingerprint density at radius 3 is 2.67 bits per heavy atom. The Morgan fingerprint density at radius 1 is 1.27 bits per heavy atom. The van der Waals surface area contributed by atoms with E-state index < -0.39 is 0 Å². The van der Waals surface area contributed by atoms with Crippen molar-refractivity contribution in [1.29, 1.82) is 0 Å². The van der Waals surface area contributed by atoms with Crippen molar-refractivity contribution in [2.75, 3.05) is 12.3 Å². The molecule has 1 rings (SSSR count). The zero-order valence-corrected chi connectivity index (χ0v) is 11.2. The molecule has 0 bridgehead atoms. The lowest BCUT2D eigenvalue weighted by atomic mass is 10.0. The van der Waals surface area contributed by atoms with Crippen LogP contribution in [0.15, 0.2) is 0 Å². The molecule has 1 N–H and O–H groups in total. The number of hydrogen-bond donors (Lipinski definition) is 1. The largest absolute Gasteiger partial charge is 0.313 e. The van der Waals surface area contributed by atoms with Crippen LogP contribution in [0.2, 0.25) is 0 Å². The van der Waals surface area contributed by atoms with Crippen LogP contribution in [-0.2, 0) is 0 Å². The smallest absolute Gasteiger partial charge is 0.00609 e. The maximum Gasteiger partial charge on any atom is 0.00609 e. The highest BCUT2D eigenvalue weighted by molar-refractivity contribution is 7.99. The van der Waals surface area contributed by atoms with Gasteiger partial charge in [-0.25, -0.2) is 0 Å². The zero-order chi connectivity index (χ0) is 10.9. The molecule has 15 heavy (non-hydrogen) atoms. The monoisotopic (exact) mass is 229 g/mol. The van der Waals surface area contributed by atoms with Crippen LogP contribution in [0.4, 0.5) is 0 Å². The van der Waals surface area contributed by atoms with Crippen molar-refractivity contribution in [3.63, 3.8) is 0 Å². The first-order chi connectivity index (χ1) is 7.33. The molecule has 1 nitrogen and oxygen atoms in total. The second-order valence-electron chi connectivity index (χ2n) is 4.77. The first-order valence-electron chi connectivity index (χ1n) is 6.68. The summed E-state index contributed by atoms with van der Waals surface area (Å²) in [7, 11) is 0. The van der Waals surface area contributed by atoms with E-state index in [1.165, 1.54) is 57.2 Å². The molecule has 1 saturated carbocycles. The number of thioether (sulfide) groups is 1. The van der Waals surface area contributed by atoms with Crippen molar-refractivity contribution in [3.8, 4) is 0 Å². The predicted molar refractivity (Wildman–Crippen MR) is 71.7 cm³/mol. The van der Waals surface area contributed by atoms with E-state index in [0.29, 0.717) is 6.04 Å². The van der Waals surface area contributed by atoms with Gasteiger partial charge in [0.1, 0.15) is 0 Å². The Bertz CT molecular complexity index is 143. The van der Waals surface area contributed by atoms with Gasteiger partial charge in [-0.05, 0) is 26.2 Å². The van der Waals surface area contributed by atoms with E-state index in [2.05, 4.69) is 30.9 Å². The van der Waals surface area contributed by atoms with E-state index in [1.54, 1.807) is 0 Å². The van der Waals surface area contributed by atoms with Crippen molar-refractivity contribution < 1.29 is 0 Å². The molecule has 0 saturated heterocycles. The fourth-order valence-electron chi connectivity index (χ4n) is 2.30. The summed E-state index contributed by atoms with van der Waals surface area (Å²) in [5.41, 5.74) is 0. The molecule has 0 aromatic rings. The van der Waals surface area contributed by atoms with Gasteiger partial charge in [0.2, 0.25) is 0 Å². The van der Waals surface area contributed by atoms with E-state index in [0.717, 1.165) is 5.25 Å². The average molecular weight is 229 g/mol. The molecule has 0 aromatic heterocycles. The summed E-state index contributed by atoms with van der Waals surface area (Å²) in [6.45, 7) is 5.76. The van der Waals surface area contributed by atoms with E-state index in [1.807, 2.05) is 0 Å². The Balaban J connectivity index is 1.91. The fourth-order valence-corrected chi connectivity index (χ4v) is 3.53. The van der Waals surface area contributed by atoms with Gasteiger partial charge in [0.15, 0.2) is 0 Å². The van der Waals surface area contributed by atoms with Gasteiger partial charge in [-0.1, -0.05) is 32.6 Å². The molecular weight excluding hydrogens is 202 g/mol. The minimum Gasteiger partial charge on any atom is -0.313 e. The lowest BCUT2D eigenvalue weighted by Gasteiger charge is -2.21. The van der Waals surface area contributed by atoms with E-state index in [-0.39, 0.29) is 0 Å². The van der Waals surface area contributed by atoms with Crippen LogP contribution in [0.5, 0.6) is 0 Å². The molecule has 0 aliphatic heterocycles. The van der Waals surface area contributed by atoms with Crippen LogP contribution >= 0.6 is 11.8 Å².